The van der Waals surface area contributed by atoms with Crippen LogP contribution in [-0.2, 0) is 11.3 Å². The second-order valence-corrected chi connectivity index (χ2v) is 7.53. The van der Waals surface area contributed by atoms with E-state index in [1.165, 1.54) is 0 Å². The summed E-state index contributed by atoms with van der Waals surface area (Å²) in [6.07, 6.45) is 0. The van der Waals surface area contributed by atoms with Crippen LogP contribution in [0.2, 0.25) is 0 Å². The topological polar surface area (TPSA) is 103 Å². The van der Waals surface area contributed by atoms with E-state index in [9.17, 15) is 4.79 Å². The third-order valence-corrected chi connectivity index (χ3v) is 5.44. The van der Waals surface area contributed by atoms with E-state index in [0.29, 0.717) is 36.0 Å². The highest BCUT2D eigenvalue weighted by molar-refractivity contribution is 5.93. The normalized spacial score (nSPS) is 12.0. The minimum Gasteiger partial charge on any atom is -0.493 e. The molecule has 0 fully saturated rings. The molecule has 0 saturated carbocycles. The average Bonchev–Trinajstić information content (AvgIpc) is 3.48. The number of rotatable bonds is 9. The molecule has 9 nitrogen and oxygen atoms in total. The van der Waals surface area contributed by atoms with Crippen LogP contribution in [0.15, 0.2) is 48.5 Å². The molecule has 2 N–H and O–H groups in total. The molecule has 9 heteroatoms. The third-order valence-electron chi connectivity index (χ3n) is 5.44. The smallest absolute Gasteiger partial charge is 0.269 e. The number of hydrogen-bond acceptors (Lipinski definition) is 6. The van der Waals surface area contributed by atoms with Gasteiger partial charge in [-0.1, -0.05) is 12.1 Å². The molecule has 1 amide bonds. The second kappa shape index (κ2) is 9.74. The summed E-state index contributed by atoms with van der Waals surface area (Å²) in [4.78, 5) is 17.7. The van der Waals surface area contributed by atoms with Gasteiger partial charge in [-0.25, -0.2) is 4.98 Å². The predicted octanol–water partition coefficient (Wildman–Crippen LogP) is 3.58. The largest absolute Gasteiger partial charge is 0.493 e. The van der Waals surface area contributed by atoms with Crippen LogP contribution in [0.5, 0.6) is 11.5 Å². The number of hydrogen-bond donors (Lipinski definition) is 2. The molecule has 0 aliphatic carbocycles. The summed E-state index contributed by atoms with van der Waals surface area (Å²) in [5, 5.41) is 10.1. The van der Waals surface area contributed by atoms with Gasteiger partial charge in [-0.2, -0.15) is 5.10 Å². The van der Waals surface area contributed by atoms with Crippen molar-refractivity contribution in [1.82, 2.24) is 25.1 Å². The molecule has 2 aromatic carbocycles. The van der Waals surface area contributed by atoms with Gasteiger partial charge in [0.25, 0.3) is 5.91 Å². The number of benzene rings is 2. The SMILES string of the molecule is COCCn1c(C(C)NC(=O)c2cc(-c3ccc(OC)c(OC)c3)n[nH]2)nc2ccccc21. The summed E-state index contributed by atoms with van der Waals surface area (Å²) in [6, 6.07) is 14.8. The number of methoxy groups -OCH3 is 3. The van der Waals surface area contributed by atoms with E-state index in [1.807, 2.05) is 43.3 Å². The number of nitrogens with one attached hydrogen (secondary N) is 2. The number of nitrogens with zero attached hydrogens (tertiary/aromatic N) is 3. The number of fused-ring (bicyclic) bond motifs is 1. The first-order valence-corrected chi connectivity index (χ1v) is 10.6. The highest BCUT2D eigenvalue weighted by Gasteiger charge is 2.20. The minimum absolute atomic E-state index is 0.271. The maximum Gasteiger partial charge on any atom is 0.269 e. The molecule has 0 radical (unpaired) electrons. The first-order valence-electron chi connectivity index (χ1n) is 10.6. The molecule has 2 heterocycles. The Morgan fingerprint density at radius 3 is 2.64 bits per heavy atom. The molecule has 4 aromatic rings. The van der Waals surface area contributed by atoms with Gasteiger partial charge in [-0.05, 0) is 43.3 Å². The lowest BCUT2D eigenvalue weighted by Crippen LogP contribution is -2.29. The molecule has 1 unspecified atom stereocenters. The van der Waals surface area contributed by atoms with Crippen LogP contribution in [0.1, 0.15) is 29.3 Å². The Labute approximate surface area is 191 Å². The summed E-state index contributed by atoms with van der Waals surface area (Å²) in [7, 11) is 4.82. The minimum atomic E-state index is -0.324. The molecular weight excluding hydrogens is 422 g/mol. The van der Waals surface area contributed by atoms with Gasteiger partial charge in [-0.15, -0.1) is 0 Å². The first kappa shape index (κ1) is 22.3. The van der Waals surface area contributed by atoms with Crippen LogP contribution >= 0.6 is 0 Å². The van der Waals surface area contributed by atoms with Crippen LogP contribution in [0.25, 0.3) is 22.3 Å². The molecule has 0 spiro atoms. The number of H-pyrrole nitrogens is 1. The van der Waals surface area contributed by atoms with E-state index >= 15 is 0 Å². The number of carbonyl (C=O) groups excluding carboxylic acids is 1. The van der Waals surface area contributed by atoms with Gasteiger partial charge in [0.05, 0.1) is 43.6 Å². The Balaban J connectivity index is 1.54. The van der Waals surface area contributed by atoms with E-state index in [-0.39, 0.29) is 11.9 Å². The zero-order chi connectivity index (χ0) is 23.4. The van der Waals surface area contributed by atoms with Gasteiger partial charge in [0.15, 0.2) is 11.5 Å². The van der Waals surface area contributed by atoms with Crippen molar-refractivity contribution in [2.75, 3.05) is 27.9 Å². The number of imidazole rings is 1. The van der Waals surface area contributed by atoms with Gasteiger partial charge < -0.3 is 24.1 Å². The van der Waals surface area contributed by atoms with Gasteiger partial charge in [0.1, 0.15) is 11.5 Å². The number of ether oxygens (including phenoxy) is 3. The Hall–Kier alpha value is -3.85. The standard InChI is InChI=1S/C24H27N5O4/c1-15(23-26-17-7-5-6-8-20(17)29(23)11-12-31-2)25-24(30)19-14-18(27-28-19)16-9-10-21(32-3)22(13-16)33-4/h5-10,13-15H,11-12H2,1-4H3,(H,25,30)(H,27,28). The molecule has 1 atom stereocenters. The van der Waals surface area contributed by atoms with E-state index in [1.54, 1.807) is 33.5 Å². The Morgan fingerprint density at radius 1 is 1.09 bits per heavy atom. The van der Waals surface area contributed by atoms with Gasteiger partial charge in [-0.3, -0.25) is 9.89 Å². The Bertz CT molecular complexity index is 1260. The zero-order valence-electron chi connectivity index (χ0n) is 19.1. The lowest BCUT2D eigenvalue weighted by Gasteiger charge is -2.15. The molecule has 0 aliphatic heterocycles. The van der Waals surface area contributed by atoms with E-state index in [2.05, 4.69) is 20.1 Å². The van der Waals surface area contributed by atoms with Gasteiger partial charge in [0.2, 0.25) is 0 Å². The highest BCUT2D eigenvalue weighted by atomic mass is 16.5. The van der Waals surface area contributed by atoms with Crippen molar-refractivity contribution in [1.29, 1.82) is 0 Å². The molecule has 33 heavy (non-hydrogen) atoms. The molecule has 2 aromatic heterocycles. The van der Waals surface area contributed by atoms with Crippen LogP contribution in [-0.4, -0.2) is 53.6 Å². The summed E-state index contributed by atoms with van der Waals surface area (Å²) in [5.74, 6) is 1.71. The predicted molar refractivity (Wildman–Crippen MR) is 125 cm³/mol. The number of aromatic nitrogens is 4. The fourth-order valence-corrected chi connectivity index (χ4v) is 3.76. The Morgan fingerprint density at radius 2 is 1.88 bits per heavy atom. The maximum absolute atomic E-state index is 12.9. The molecule has 4 rings (SSSR count). The lowest BCUT2D eigenvalue weighted by atomic mass is 10.1. The van der Waals surface area contributed by atoms with Crippen LogP contribution in [0, 0.1) is 0 Å². The first-order chi connectivity index (χ1) is 16.0. The number of carbonyl (C=O) groups is 1. The van der Waals surface area contributed by atoms with Crippen molar-refractivity contribution in [3.63, 3.8) is 0 Å². The molecule has 0 aliphatic rings. The Kier molecular flexibility index (Phi) is 6.60. The van der Waals surface area contributed by atoms with Crippen molar-refractivity contribution in [3.8, 4) is 22.8 Å². The van der Waals surface area contributed by atoms with E-state index in [4.69, 9.17) is 19.2 Å². The molecule has 0 bridgehead atoms. The molecule has 0 saturated heterocycles. The number of para-hydroxylation sites is 2. The number of amides is 1. The summed E-state index contributed by atoms with van der Waals surface area (Å²) in [5.41, 5.74) is 3.66. The van der Waals surface area contributed by atoms with Crippen molar-refractivity contribution >= 4 is 16.9 Å². The highest BCUT2D eigenvalue weighted by Crippen LogP contribution is 2.31. The van der Waals surface area contributed by atoms with Gasteiger partial charge in [0, 0.05) is 19.2 Å². The second-order valence-electron chi connectivity index (χ2n) is 7.53. The molecular formula is C24H27N5O4. The number of aromatic amines is 1. The van der Waals surface area contributed by atoms with Crippen molar-refractivity contribution < 1.29 is 19.0 Å². The van der Waals surface area contributed by atoms with Crippen LogP contribution in [0.4, 0.5) is 0 Å². The average molecular weight is 450 g/mol. The monoisotopic (exact) mass is 449 g/mol. The summed E-state index contributed by atoms with van der Waals surface area (Å²) >= 11 is 0. The van der Waals surface area contributed by atoms with E-state index < -0.39 is 0 Å². The third kappa shape index (κ3) is 4.54. The quantitative estimate of drug-likeness (QED) is 0.405. The van der Waals surface area contributed by atoms with Crippen LogP contribution in [0.3, 0.4) is 0 Å². The fourth-order valence-electron chi connectivity index (χ4n) is 3.76. The van der Waals surface area contributed by atoms with Crippen molar-refractivity contribution in [2.24, 2.45) is 0 Å². The fraction of sp³-hybridized carbons (Fsp3) is 0.292. The van der Waals surface area contributed by atoms with Gasteiger partial charge >= 0.3 is 0 Å². The van der Waals surface area contributed by atoms with Crippen molar-refractivity contribution in [3.05, 3.63) is 60.0 Å². The molecule has 172 valence electrons. The lowest BCUT2D eigenvalue weighted by molar-refractivity contribution is 0.0932. The van der Waals surface area contributed by atoms with E-state index in [0.717, 1.165) is 22.4 Å². The summed E-state index contributed by atoms with van der Waals surface area (Å²) < 4.78 is 18.0. The maximum atomic E-state index is 12.9. The van der Waals surface area contributed by atoms with Crippen LogP contribution < -0.4 is 14.8 Å². The zero-order valence-corrected chi connectivity index (χ0v) is 19.1. The van der Waals surface area contributed by atoms with Crippen molar-refractivity contribution in [2.45, 2.75) is 19.5 Å². The summed E-state index contributed by atoms with van der Waals surface area (Å²) in [6.45, 7) is 3.09.